The Morgan fingerprint density at radius 2 is 2.12 bits per heavy atom. The number of fused-ring (bicyclic) bond motifs is 3. The molecule has 4 aromatic rings. The first-order valence-corrected chi connectivity index (χ1v) is 7.78. The van der Waals surface area contributed by atoms with Crippen molar-refractivity contribution in [1.29, 1.82) is 0 Å². The fourth-order valence-corrected chi connectivity index (χ4v) is 2.81. The molecule has 1 aromatic carbocycles. The van der Waals surface area contributed by atoms with Crippen molar-refractivity contribution < 1.29 is 13.9 Å². The van der Waals surface area contributed by atoms with Crippen molar-refractivity contribution >= 4 is 33.5 Å². The molecule has 0 amide bonds. The Morgan fingerprint density at radius 1 is 1.20 bits per heavy atom. The van der Waals surface area contributed by atoms with Gasteiger partial charge in [0.15, 0.2) is 0 Å². The van der Waals surface area contributed by atoms with Crippen LogP contribution in [-0.2, 0) is 11.3 Å². The van der Waals surface area contributed by atoms with Crippen LogP contribution in [-0.4, -0.2) is 23.0 Å². The molecule has 0 unspecified atom stereocenters. The summed E-state index contributed by atoms with van der Waals surface area (Å²) in [7, 11) is 1.36. The molecule has 3 heterocycles. The molecule has 0 atom stereocenters. The van der Waals surface area contributed by atoms with Gasteiger partial charge in [-0.05, 0) is 30.3 Å². The van der Waals surface area contributed by atoms with E-state index < -0.39 is 0 Å². The summed E-state index contributed by atoms with van der Waals surface area (Å²) < 4.78 is 10.1. The second kappa shape index (κ2) is 6.24. The summed E-state index contributed by atoms with van der Waals surface area (Å²) in [5, 5.41) is 6.15. The van der Waals surface area contributed by atoms with E-state index in [0.717, 1.165) is 21.9 Å². The van der Waals surface area contributed by atoms with Crippen molar-refractivity contribution in [1.82, 2.24) is 9.97 Å². The lowest BCUT2D eigenvalue weighted by Gasteiger charge is -2.11. The predicted octanol–water partition coefficient (Wildman–Crippen LogP) is 3.77. The number of carbonyl (C=O) groups is 1. The molecular weight excluding hydrogens is 318 g/mol. The molecular formula is C19H15N3O3. The minimum absolute atomic E-state index is 0.389. The van der Waals surface area contributed by atoms with E-state index in [1.165, 1.54) is 7.11 Å². The third kappa shape index (κ3) is 2.78. The highest BCUT2D eigenvalue weighted by Crippen LogP contribution is 2.29. The number of methoxy groups -OCH3 is 1. The van der Waals surface area contributed by atoms with Crippen LogP contribution in [0.2, 0.25) is 0 Å². The number of anilines is 1. The van der Waals surface area contributed by atoms with Crippen molar-refractivity contribution in [2.24, 2.45) is 0 Å². The molecule has 0 radical (unpaired) electrons. The van der Waals surface area contributed by atoms with Gasteiger partial charge in [0, 0.05) is 28.6 Å². The van der Waals surface area contributed by atoms with Crippen molar-refractivity contribution in [3.05, 3.63) is 66.4 Å². The number of aromatic nitrogens is 2. The summed E-state index contributed by atoms with van der Waals surface area (Å²) in [5.74, 6) is 1.14. The van der Waals surface area contributed by atoms with E-state index in [2.05, 4.69) is 10.3 Å². The highest BCUT2D eigenvalue weighted by atomic mass is 16.5. The molecule has 0 aliphatic heterocycles. The van der Waals surface area contributed by atoms with Crippen molar-refractivity contribution in [3.8, 4) is 0 Å². The van der Waals surface area contributed by atoms with Crippen LogP contribution in [0.3, 0.4) is 0 Å². The van der Waals surface area contributed by atoms with Gasteiger partial charge in [0.2, 0.25) is 0 Å². The summed E-state index contributed by atoms with van der Waals surface area (Å²) in [6.45, 7) is 0.514. The number of hydrogen-bond acceptors (Lipinski definition) is 6. The maximum absolute atomic E-state index is 11.8. The van der Waals surface area contributed by atoms with Gasteiger partial charge in [-0.25, -0.2) is 9.78 Å². The molecule has 0 spiro atoms. The second-order valence-corrected chi connectivity index (χ2v) is 5.54. The van der Waals surface area contributed by atoms with E-state index in [4.69, 9.17) is 14.1 Å². The minimum Gasteiger partial charge on any atom is -0.467 e. The van der Waals surface area contributed by atoms with Crippen LogP contribution in [0, 0.1) is 0 Å². The molecule has 25 heavy (non-hydrogen) atoms. The monoisotopic (exact) mass is 333 g/mol. The van der Waals surface area contributed by atoms with Gasteiger partial charge >= 0.3 is 5.97 Å². The van der Waals surface area contributed by atoms with Crippen LogP contribution in [0.1, 0.15) is 16.1 Å². The van der Waals surface area contributed by atoms with Gasteiger partial charge < -0.3 is 14.5 Å². The number of hydrogen-bond donors (Lipinski definition) is 1. The van der Waals surface area contributed by atoms with E-state index in [1.54, 1.807) is 30.8 Å². The Labute approximate surface area is 143 Å². The van der Waals surface area contributed by atoms with Gasteiger partial charge in [-0.3, -0.25) is 4.98 Å². The summed E-state index contributed by atoms with van der Waals surface area (Å²) in [6, 6.07) is 11.0. The van der Waals surface area contributed by atoms with Crippen LogP contribution < -0.4 is 5.32 Å². The minimum atomic E-state index is -0.389. The van der Waals surface area contributed by atoms with E-state index in [-0.39, 0.29) is 5.97 Å². The Bertz CT molecular complexity index is 1060. The van der Waals surface area contributed by atoms with Gasteiger partial charge in [0.05, 0.1) is 31.0 Å². The number of ether oxygens (including phenoxy) is 1. The molecule has 6 nitrogen and oxygen atoms in total. The van der Waals surface area contributed by atoms with Gasteiger partial charge in [-0.15, -0.1) is 0 Å². The average Bonchev–Trinajstić information content (AvgIpc) is 3.18. The van der Waals surface area contributed by atoms with Gasteiger partial charge in [-0.2, -0.15) is 0 Å². The van der Waals surface area contributed by atoms with Crippen LogP contribution in [0.25, 0.3) is 21.7 Å². The maximum Gasteiger partial charge on any atom is 0.337 e. The SMILES string of the molecule is COC(=O)c1ccc2c(c1)nc(NCc1ccco1)c1ccncc12. The van der Waals surface area contributed by atoms with E-state index in [9.17, 15) is 4.79 Å². The Hall–Kier alpha value is -3.41. The third-order valence-electron chi connectivity index (χ3n) is 4.03. The maximum atomic E-state index is 11.8. The fraction of sp³-hybridized carbons (Fsp3) is 0.105. The van der Waals surface area contributed by atoms with Crippen molar-refractivity contribution in [2.75, 3.05) is 12.4 Å². The van der Waals surface area contributed by atoms with Crippen LogP contribution in [0.15, 0.2) is 59.5 Å². The molecule has 0 saturated carbocycles. The first kappa shape index (κ1) is 15.1. The zero-order valence-corrected chi connectivity index (χ0v) is 13.5. The van der Waals surface area contributed by atoms with Crippen molar-refractivity contribution in [3.63, 3.8) is 0 Å². The predicted molar refractivity (Wildman–Crippen MR) is 94.4 cm³/mol. The fourth-order valence-electron chi connectivity index (χ4n) is 2.81. The first-order valence-electron chi connectivity index (χ1n) is 7.78. The third-order valence-corrected chi connectivity index (χ3v) is 4.03. The second-order valence-electron chi connectivity index (χ2n) is 5.54. The number of rotatable bonds is 4. The molecule has 0 fully saturated rings. The highest BCUT2D eigenvalue weighted by molar-refractivity contribution is 6.10. The summed E-state index contributed by atoms with van der Waals surface area (Å²) in [4.78, 5) is 20.7. The Morgan fingerprint density at radius 3 is 2.92 bits per heavy atom. The zero-order chi connectivity index (χ0) is 17.2. The number of benzene rings is 1. The van der Waals surface area contributed by atoms with Gasteiger partial charge in [-0.1, -0.05) is 6.07 Å². The van der Waals surface area contributed by atoms with Crippen LogP contribution >= 0.6 is 0 Å². The van der Waals surface area contributed by atoms with E-state index in [0.29, 0.717) is 23.4 Å². The number of furan rings is 1. The number of carbonyl (C=O) groups excluding carboxylic acids is 1. The quantitative estimate of drug-likeness (QED) is 0.452. The zero-order valence-electron chi connectivity index (χ0n) is 13.5. The van der Waals surface area contributed by atoms with Crippen LogP contribution in [0.4, 0.5) is 5.82 Å². The molecule has 3 aromatic heterocycles. The summed E-state index contributed by atoms with van der Waals surface area (Å²) in [5.41, 5.74) is 1.16. The van der Waals surface area contributed by atoms with Crippen molar-refractivity contribution in [2.45, 2.75) is 6.54 Å². The summed E-state index contributed by atoms with van der Waals surface area (Å²) in [6.07, 6.45) is 5.17. The topological polar surface area (TPSA) is 77.2 Å². The molecule has 1 N–H and O–H groups in total. The number of nitrogens with zero attached hydrogens (tertiary/aromatic N) is 2. The molecule has 0 aliphatic rings. The van der Waals surface area contributed by atoms with E-state index in [1.807, 2.05) is 24.3 Å². The lowest BCUT2D eigenvalue weighted by Crippen LogP contribution is -2.04. The first-order chi connectivity index (χ1) is 12.3. The average molecular weight is 333 g/mol. The molecule has 0 aliphatic carbocycles. The molecule has 0 bridgehead atoms. The molecule has 124 valence electrons. The number of nitrogens with one attached hydrogen (secondary N) is 1. The normalized spacial score (nSPS) is 10.9. The Kier molecular flexibility index (Phi) is 3.78. The highest BCUT2D eigenvalue weighted by Gasteiger charge is 2.12. The largest absolute Gasteiger partial charge is 0.467 e. The standard InChI is InChI=1S/C19H15N3O3/c1-24-19(23)12-4-5-14-16-11-20-7-6-15(16)18(22-17(14)9-12)21-10-13-3-2-8-25-13/h2-9,11H,10H2,1H3,(H,21,22). The Balaban J connectivity index is 1.85. The summed E-state index contributed by atoms with van der Waals surface area (Å²) >= 11 is 0. The van der Waals surface area contributed by atoms with Crippen LogP contribution in [0.5, 0.6) is 0 Å². The van der Waals surface area contributed by atoms with Gasteiger partial charge in [0.1, 0.15) is 11.6 Å². The van der Waals surface area contributed by atoms with Gasteiger partial charge in [0.25, 0.3) is 0 Å². The van der Waals surface area contributed by atoms with E-state index >= 15 is 0 Å². The lowest BCUT2D eigenvalue weighted by molar-refractivity contribution is 0.0601. The molecule has 0 saturated heterocycles. The molecule has 6 heteroatoms. The molecule has 4 rings (SSSR count). The number of esters is 1. The number of pyridine rings is 2. The lowest BCUT2D eigenvalue weighted by atomic mass is 10.1. The smallest absolute Gasteiger partial charge is 0.337 e.